The van der Waals surface area contributed by atoms with Gasteiger partial charge < -0.3 is 14.5 Å². The number of nitrogens with zero attached hydrogens (tertiary/aromatic N) is 2. The van der Waals surface area contributed by atoms with Gasteiger partial charge >= 0.3 is 0 Å². The van der Waals surface area contributed by atoms with Gasteiger partial charge in [-0.25, -0.2) is 4.98 Å². The highest BCUT2D eigenvalue weighted by Crippen LogP contribution is 2.28. The highest BCUT2D eigenvalue weighted by Gasteiger charge is 2.16. The monoisotopic (exact) mass is 391 g/mol. The molecule has 5 nitrogen and oxygen atoms in total. The van der Waals surface area contributed by atoms with E-state index in [-0.39, 0.29) is 5.91 Å². The summed E-state index contributed by atoms with van der Waals surface area (Å²) >= 11 is 11.9. The lowest BCUT2D eigenvalue weighted by molar-refractivity contribution is -0.127. The van der Waals surface area contributed by atoms with Crippen molar-refractivity contribution in [3.05, 3.63) is 64.0 Å². The Labute approximate surface area is 161 Å². The third-order valence-electron chi connectivity index (χ3n) is 3.90. The van der Waals surface area contributed by atoms with Crippen molar-refractivity contribution in [2.24, 2.45) is 0 Å². The minimum Gasteiger partial charge on any atom is -0.479 e. The first-order valence-corrected chi connectivity index (χ1v) is 9.01. The average molecular weight is 392 g/mol. The van der Waals surface area contributed by atoms with E-state index in [1.54, 1.807) is 25.1 Å². The first-order valence-electron chi connectivity index (χ1n) is 8.26. The van der Waals surface area contributed by atoms with E-state index in [9.17, 15) is 4.79 Å². The van der Waals surface area contributed by atoms with E-state index in [1.165, 1.54) is 5.56 Å². The molecule has 0 spiro atoms. The molecule has 1 aromatic carbocycles. The number of halogens is 2. The number of pyridine rings is 1. The first-order chi connectivity index (χ1) is 12.4. The summed E-state index contributed by atoms with van der Waals surface area (Å²) in [6.07, 6.45) is 3.97. The number of hydrogen-bond acceptors (Lipinski definition) is 3. The minimum absolute atomic E-state index is 0.212. The van der Waals surface area contributed by atoms with Gasteiger partial charge in [0.25, 0.3) is 5.91 Å². The SMILES string of the molecule is Cc1ccc2nc(CCNC(=O)C(C)Oc3ccc(Cl)cc3Cl)cn2c1. The van der Waals surface area contributed by atoms with Crippen LogP contribution in [0.15, 0.2) is 42.7 Å². The molecule has 26 heavy (non-hydrogen) atoms. The maximum atomic E-state index is 12.2. The lowest BCUT2D eigenvalue weighted by Crippen LogP contribution is -2.37. The predicted octanol–water partition coefficient (Wildman–Crippen LogP) is 4.08. The van der Waals surface area contributed by atoms with Gasteiger partial charge in [0.15, 0.2) is 6.10 Å². The van der Waals surface area contributed by atoms with Crippen molar-refractivity contribution in [3.63, 3.8) is 0 Å². The molecule has 0 aliphatic heterocycles. The number of fused-ring (bicyclic) bond motifs is 1. The summed E-state index contributed by atoms with van der Waals surface area (Å²) < 4.78 is 7.59. The van der Waals surface area contributed by atoms with Gasteiger partial charge in [0.2, 0.25) is 0 Å². The van der Waals surface area contributed by atoms with E-state index < -0.39 is 6.10 Å². The van der Waals surface area contributed by atoms with Gasteiger partial charge in [-0.1, -0.05) is 29.3 Å². The third kappa shape index (κ3) is 4.48. The van der Waals surface area contributed by atoms with Crippen LogP contribution in [0.2, 0.25) is 10.0 Å². The van der Waals surface area contributed by atoms with Crippen molar-refractivity contribution in [2.45, 2.75) is 26.4 Å². The average Bonchev–Trinajstić information content (AvgIpc) is 2.99. The number of benzene rings is 1. The number of carbonyl (C=O) groups excluding carboxylic acids is 1. The topological polar surface area (TPSA) is 55.6 Å². The molecular weight excluding hydrogens is 373 g/mol. The molecule has 2 heterocycles. The summed E-state index contributed by atoms with van der Waals surface area (Å²) in [5, 5.41) is 3.74. The van der Waals surface area contributed by atoms with Crippen molar-refractivity contribution < 1.29 is 9.53 Å². The van der Waals surface area contributed by atoms with Crippen LogP contribution in [0.25, 0.3) is 5.65 Å². The number of nitrogens with one attached hydrogen (secondary N) is 1. The summed E-state index contributed by atoms with van der Waals surface area (Å²) in [5.74, 6) is 0.213. The van der Waals surface area contributed by atoms with E-state index >= 15 is 0 Å². The normalized spacial score (nSPS) is 12.2. The fourth-order valence-electron chi connectivity index (χ4n) is 2.55. The van der Waals surface area contributed by atoms with Gasteiger partial charge in [-0.05, 0) is 43.7 Å². The van der Waals surface area contributed by atoms with Crippen LogP contribution in [0.4, 0.5) is 0 Å². The smallest absolute Gasteiger partial charge is 0.260 e. The molecule has 0 fully saturated rings. The van der Waals surface area contributed by atoms with Crippen LogP contribution in [0.3, 0.4) is 0 Å². The van der Waals surface area contributed by atoms with Crippen molar-refractivity contribution in [1.82, 2.24) is 14.7 Å². The standard InChI is InChI=1S/C19H19Cl2N3O2/c1-12-3-6-18-23-15(11-24(18)10-12)7-8-22-19(25)13(2)26-17-5-4-14(20)9-16(17)21/h3-6,9-11,13H,7-8H2,1-2H3,(H,22,25). The zero-order valence-electron chi connectivity index (χ0n) is 14.5. The van der Waals surface area contributed by atoms with Crippen LogP contribution in [-0.4, -0.2) is 27.9 Å². The van der Waals surface area contributed by atoms with Gasteiger partial charge in [-0.15, -0.1) is 0 Å². The second-order valence-corrected chi connectivity index (χ2v) is 6.92. The fraction of sp³-hybridized carbons (Fsp3) is 0.263. The molecule has 7 heteroatoms. The highest BCUT2D eigenvalue weighted by molar-refractivity contribution is 6.35. The molecule has 1 N–H and O–H groups in total. The summed E-state index contributed by atoms with van der Waals surface area (Å²) in [4.78, 5) is 16.7. The first kappa shape index (κ1) is 18.5. The lowest BCUT2D eigenvalue weighted by Gasteiger charge is -2.15. The molecule has 1 unspecified atom stereocenters. The molecule has 0 radical (unpaired) electrons. The Balaban J connectivity index is 1.52. The zero-order valence-corrected chi connectivity index (χ0v) is 16.0. The van der Waals surface area contributed by atoms with Gasteiger partial charge in [-0.3, -0.25) is 4.79 Å². The molecule has 2 aromatic heterocycles. The van der Waals surface area contributed by atoms with Crippen molar-refractivity contribution in [3.8, 4) is 5.75 Å². The second kappa shape index (κ2) is 7.98. The summed E-state index contributed by atoms with van der Waals surface area (Å²) in [5.41, 5.74) is 2.98. The number of carbonyl (C=O) groups is 1. The highest BCUT2D eigenvalue weighted by atomic mass is 35.5. The maximum absolute atomic E-state index is 12.2. The largest absolute Gasteiger partial charge is 0.479 e. The number of aromatic nitrogens is 2. The third-order valence-corrected chi connectivity index (χ3v) is 4.43. The quantitative estimate of drug-likeness (QED) is 0.688. The molecule has 0 aliphatic carbocycles. The lowest BCUT2D eigenvalue weighted by atomic mass is 10.3. The van der Waals surface area contributed by atoms with Crippen LogP contribution < -0.4 is 10.1 Å². The van der Waals surface area contributed by atoms with E-state index in [0.29, 0.717) is 28.8 Å². The molecule has 1 amide bonds. The van der Waals surface area contributed by atoms with Crippen LogP contribution in [0, 0.1) is 6.92 Å². The van der Waals surface area contributed by atoms with E-state index in [1.807, 2.05) is 35.9 Å². The Morgan fingerprint density at radius 1 is 1.27 bits per heavy atom. The van der Waals surface area contributed by atoms with Crippen molar-refractivity contribution >= 4 is 34.8 Å². The van der Waals surface area contributed by atoms with Crippen LogP contribution in [0.1, 0.15) is 18.2 Å². The number of ether oxygens (including phenoxy) is 1. The summed E-state index contributed by atoms with van der Waals surface area (Å²) in [7, 11) is 0. The summed E-state index contributed by atoms with van der Waals surface area (Å²) in [6, 6.07) is 8.89. The Morgan fingerprint density at radius 3 is 2.85 bits per heavy atom. The number of aryl methyl sites for hydroxylation is 1. The van der Waals surface area contributed by atoms with Gasteiger partial charge in [-0.2, -0.15) is 0 Å². The predicted molar refractivity (Wildman–Crippen MR) is 103 cm³/mol. The van der Waals surface area contributed by atoms with Crippen molar-refractivity contribution in [1.29, 1.82) is 0 Å². The van der Waals surface area contributed by atoms with Crippen LogP contribution in [0.5, 0.6) is 5.75 Å². The number of imidazole rings is 1. The van der Waals surface area contributed by atoms with E-state index in [0.717, 1.165) is 11.3 Å². The number of rotatable bonds is 6. The molecule has 0 saturated heterocycles. The Hall–Kier alpha value is -2.24. The summed E-state index contributed by atoms with van der Waals surface area (Å²) in [6.45, 7) is 4.19. The van der Waals surface area contributed by atoms with Gasteiger partial charge in [0.1, 0.15) is 11.4 Å². The number of hydrogen-bond donors (Lipinski definition) is 1. The molecule has 0 saturated carbocycles. The second-order valence-electron chi connectivity index (χ2n) is 6.08. The Bertz CT molecular complexity index is 940. The van der Waals surface area contributed by atoms with E-state index in [2.05, 4.69) is 10.3 Å². The van der Waals surface area contributed by atoms with Gasteiger partial charge in [0, 0.05) is 30.4 Å². The van der Waals surface area contributed by atoms with E-state index in [4.69, 9.17) is 27.9 Å². The molecule has 1 atom stereocenters. The van der Waals surface area contributed by atoms with Crippen LogP contribution in [-0.2, 0) is 11.2 Å². The molecule has 3 rings (SSSR count). The van der Waals surface area contributed by atoms with Gasteiger partial charge in [0.05, 0.1) is 10.7 Å². The zero-order chi connectivity index (χ0) is 18.7. The Morgan fingerprint density at radius 2 is 2.08 bits per heavy atom. The minimum atomic E-state index is -0.669. The molecule has 136 valence electrons. The fourth-order valence-corrected chi connectivity index (χ4v) is 3.00. The molecule has 0 aliphatic rings. The molecular formula is C19H19Cl2N3O2. The molecule has 3 aromatic rings. The maximum Gasteiger partial charge on any atom is 0.260 e. The Kier molecular flexibility index (Phi) is 5.69. The van der Waals surface area contributed by atoms with Crippen LogP contribution >= 0.6 is 23.2 Å². The molecule has 0 bridgehead atoms. The van der Waals surface area contributed by atoms with Crippen molar-refractivity contribution in [2.75, 3.05) is 6.54 Å². The number of amides is 1.